The first-order valence-electron chi connectivity index (χ1n) is 5.01. The van der Waals surface area contributed by atoms with Crippen molar-refractivity contribution in [2.45, 2.75) is 12.2 Å². The summed E-state index contributed by atoms with van der Waals surface area (Å²) in [7, 11) is 0. The molecule has 0 aliphatic carbocycles. The van der Waals surface area contributed by atoms with Gasteiger partial charge in [-0.15, -0.1) is 0 Å². The molecule has 0 spiro atoms. The molecule has 2 rings (SSSR count). The lowest BCUT2D eigenvalue weighted by molar-refractivity contribution is -0.133. The quantitative estimate of drug-likeness (QED) is 0.890. The van der Waals surface area contributed by atoms with Gasteiger partial charge in [0.15, 0.2) is 0 Å². The molecule has 1 aliphatic heterocycles. The third-order valence-corrected chi connectivity index (χ3v) is 3.22. The predicted octanol–water partition coefficient (Wildman–Crippen LogP) is 2.44. The maximum absolute atomic E-state index is 10.1. The second kappa shape index (κ2) is 5.34. The SMILES string of the molecule is OC(c1ccc(Cl)c(Cl)c1)C1COCCO1. The molecule has 1 aromatic rings. The summed E-state index contributed by atoms with van der Waals surface area (Å²) in [4.78, 5) is 0. The molecule has 88 valence electrons. The highest BCUT2D eigenvalue weighted by molar-refractivity contribution is 6.42. The van der Waals surface area contributed by atoms with Gasteiger partial charge in [0.25, 0.3) is 0 Å². The lowest BCUT2D eigenvalue weighted by atomic mass is 10.0. The summed E-state index contributed by atoms with van der Waals surface area (Å²) in [6.45, 7) is 1.47. The van der Waals surface area contributed by atoms with Crippen molar-refractivity contribution in [2.24, 2.45) is 0 Å². The Morgan fingerprint density at radius 1 is 1.25 bits per heavy atom. The van der Waals surface area contributed by atoms with E-state index in [1.165, 1.54) is 0 Å². The van der Waals surface area contributed by atoms with E-state index in [1.807, 2.05) is 0 Å². The molecule has 1 fully saturated rings. The standard InChI is InChI=1S/C11H12Cl2O3/c12-8-2-1-7(5-9(8)13)11(14)10-6-15-3-4-16-10/h1-2,5,10-11,14H,3-4,6H2. The summed E-state index contributed by atoms with van der Waals surface area (Å²) in [5.74, 6) is 0. The van der Waals surface area contributed by atoms with E-state index in [-0.39, 0.29) is 6.10 Å². The molecule has 0 saturated carbocycles. The van der Waals surface area contributed by atoms with Crippen LogP contribution in [0.15, 0.2) is 18.2 Å². The number of benzene rings is 1. The zero-order valence-corrected chi connectivity index (χ0v) is 10.0. The Morgan fingerprint density at radius 3 is 2.69 bits per heavy atom. The van der Waals surface area contributed by atoms with Crippen molar-refractivity contribution >= 4 is 23.2 Å². The minimum absolute atomic E-state index is 0.342. The minimum atomic E-state index is -0.741. The van der Waals surface area contributed by atoms with Crippen molar-refractivity contribution < 1.29 is 14.6 Å². The number of ether oxygens (including phenoxy) is 2. The highest BCUT2D eigenvalue weighted by atomic mass is 35.5. The molecule has 5 heteroatoms. The van der Waals surface area contributed by atoms with E-state index in [1.54, 1.807) is 18.2 Å². The molecule has 2 atom stereocenters. The Hall–Kier alpha value is -0.320. The third kappa shape index (κ3) is 2.67. The van der Waals surface area contributed by atoms with Crippen LogP contribution in [0.1, 0.15) is 11.7 Å². The Labute approximate surface area is 104 Å². The van der Waals surface area contributed by atoms with Crippen LogP contribution in [0.2, 0.25) is 10.0 Å². The lowest BCUT2D eigenvalue weighted by Gasteiger charge is -2.27. The van der Waals surface area contributed by atoms with E-state index in [0.717, 1.165) is 0 Å². The van der Waals surface area contributed by atoms with Crippen LogP contribution in [0.5, 0.6) is 0 Å². The Kier molecular flexibility index (Phi) is 4.05. The largest absolute Gasteiger partial charge is 0.386 e. The summed E-state index contributed by atoms with van der Waals surface area (Å²) < 4.78 is 10.6. The van der Waals surface area contributed by atoms with Gasteiger partial charge >= 0.3 is 0 Å². The molecule has 1 N–H and O–H groups in total. The summed E-state index contributed by atoms with van der Waals surface area (Å²) in [5.41, 5.74) is 0.685. The molecule has 3 nitrogen and oxygen atoms in total. The fourth-order valence-electron chi connectivity index (χ4n) is 1.60. The van der Waals surface area contributed by atoms with Crippen LogP contribution in [0, 0.1) is 0 Å². The Morgan fingerprint density at radius 2 is 2.06 bits per heavy atom. The third-order valence-electron chi connectivity index (χ3n) is 2.48. The van der Waals surface area contributed by atoms with Crippen molar-refractivity contribution in [1.29, 1.82) is 0 Å². The number of rotatable bonds is 2. The number of aliphatic hydroxyl groups excluding tert-OH is 1. The van der Waals surface area contributed by atoms with E-state index in [2.05, 4.69) is 0 Å². The van der Waals surface area contributed by atoms with Gasteiger partial charge in [0.2, 0.25) is 0 Å². The van der Waals surface area contributed by atoms with Gasteiger partial charge in [-0.1, -0.05) is 29.3 Å². The smallest absolute Gasteiger partial charge is 0.111 e. The van der Waals surface area contributed by atoms with Gasteiger partial charge in [-0.3, -0.25) is 0 Å². The fourth-order valence-corrected chi connectivity index (χ4v) is 1.91. The van der Waals surface area contributed by atoms with Crippen molar-refractivity contribution in [3.8, 4) is 0 Å². The summed E-state index contributed by atoms with van der Waals surface area (Å²) in [6.07, 6.45) is -1.08. The lowest BCUT2D eigenvalue weighted by Crippen LogP contribution is -2.33. The molecule has 1 aliphatic rings. The molecular weight excluding hydrogens is 251 g/mol. The fraction of sp³-hybridized carbons (Fsp3) is 0.455. The van der Waals surface area contributed by atoms with Gasteiger partial charge in [-0.05, 0) is 17.7 Å². The first kappa shape index (κ1) is 12.1. The topological polar surface area (TPSA) is 38.7 Å². The highest BCUT2D eigenvalue weighted by Gasteiger charge is 2.24. The van der Waals surface area contributed by atoms with Crippen molar-refractivity contribution in [3.63, 3.8) is 0 Å². The van der Waals surface area contributed by atoms with Crippen molar-refractivity contribution in [2.75, 3.05) is 19.8 Å². The maximum Gasteiger partial charge on any atom is 0.111 e. The molecule has 0 amide bonds. The van der Waals surface area contributed by atoms with Gasteiger partial charge in [-0.2, -0.15) is 0 Å². The number of hydrogen-bond acceptors (Lipinski definition) is 3. The molecule has 1 aromatic carbocycles. The molecule has 0 aromatic heterocycles. The second-order valence-corrected chi connectivity index (χ2v) is 4.42. The highest BCUT2D eigenvalue weighted by Crippen LogP contribution is 2.28. The van der Waals surface area contributed by atoms with Gasteiger partial charge in [0, 0.05) is 0 Å². The Bertz CT molecular complexity index is 364. The first-order chi connectivity index (χ1) is 7.68. The van der Waals surface area contributed by atoms with Gasteiger partial charge in [0.1, 0.15) is 12.2 Å². The monoisotopic (exact) mass is 262 g/mol. The van der Waals surface area contributed by atoms with E-state index >= 15 is 0 Å². The zero-order chi connectivity index (χ0) is 11.5. The van der Waals surface area contributed by atoms with Crippen molar-refractivity contribution in [1.82, 2.24) is 0 Å². The van der Waals surface area contributed by atoms with E-state index in [9.17, 15) is 5.11 Å². The van der Waals surface area contributed by atoms with E-state index in [4.69, 9.17) is 32.7 Å². The molecule has 16 heavy (non-hydrogen) atoms. The molecule has 0 bridgehead atoms. The summed E-state index contributed by atoms with van der Waals surface area (Å²) in [6, 6.07) is 5.04. The van der Waals surface area contributed by atoms with Crippen molar-refractivity contribution in [3.05, 3.63) is 33.8 Å². The van der Waals surface area contributed by atoms with Crippen LogP contribution >= 0.6 is 23.2 Å². The Balaban J connectivity index is 2.12. The molecule has 2 unspecified atom stereocenters. The second-order valence-electron chi connectivity index (χ2n) is 3.60. The van der Waals surface area contributed by atoms with Crippen LogP contribution in [0.3, 0.4) is 0 Å². The van der Waals surface area contributed by atoms with E-state index in [0.29, 0.717) is 35.4 Å². The molecule has 0 radical (unpaired) electrons. The molecule has 1 heterocycles. The minimum Gasteiger partial charge on any atom is -0.386 e. The predicted molar refractivity (Wildman–Crippen MR) is 62.0 cm³/mol. The number of aliphatic hydroxyl groups is 1. The van der Waals surface area contributed by atoms with Gasteiger partial charge in [0.05, 0.1) is 29.9 Å². The molecular formula is C11H12Cl2O3. The van der Waals surface area contributed by atoms with Crippen LogP contribution in [-0.4, -0.2) is 31.0 Å². The normalized spacial score (nSPS) is 23.1. The average Bonchev–Trinajstić information content (AvgIpc) is 2.33. The first-order valence-corrected chi connectivity index (χ1v) is 5.76. The van der Waals surface area contributed by atoms with E-state index < -0.39 is 6.10 Å². The van der Waals surface area contributed by atoms with Crippen LogP contribution in [0.4, 0.5) is 0 Å². The zero-order valence-electron chi connectivity index (χ0n) is 8.53. The number of hydrogen-bond donors (Lipinski definition) is 1. The van der Waals surface area contributed by atoms with Crippen LogP contribution in [0.25, 0.3) is 0 Å². The number of halogens is 2. The van der Waals surface area contributed by atoms with Crippen LogP contribution < -0.4 is 0 Å². The average molecular weight is 263 g/mol. The van der Waals surface area contributed by atoms with Gasteiger partial charge in [-0.25, -0.2) is 0 Å². The maximum atomic E-state index is 10.1. The van der Waals surface area contributed by atoms with Gasteiger partial charge < -0.3 is 14.6 Å². The molecule has 1 saturated heterocycles. The summed E-state index contributed by atoms with van der Waals surface area (Å²) in [5, 5.41) is 11.0. The summed E-state index contributed by atoms with van der Waals surface area (Å²) >= 11 is 11.7. The van der Waals surface area contributed by atoms with Crippen LogP contribution in [-0.2, 0) is 9.47 Å².